The molecule has 1 saturated carbocycles. The number of likely N-dealkylation sites (tertiary alicyclic amines) is 2. The highest BCUT2D eigenvalue weighted by molar-refractivity contribution is 6.01. The third-order valence-corrected chi connectivity index (χ3v) is 12.8. The van der Waals surface area contributed by atoms with Crippen molar-refractivity contribution in [2.24, 2.45) is 9.98 Å². The van der Waals surface area contributed by atoms with Crippen LogP contribution in [0.2, 0.25) is 0 Å². The van der Waals surface area contributed by atoms with E-state index in [0.29, 0.717) is 37.5 Å². The second-order valence-electron chi connectivity index (χ2n) is 19.6. The van der Waals surface area contributed by atoms with Crippen LogP contribution in [0.4, 0.5) is 9.59 Å². The predicted molar refractivity (Wildman–Crippen MR) is 250 cm³/mol. The van der Waals surface area contributed by atoms with Crippen LogP contribution < -0.4 is 4.74 Å². The van der Waals surface area contributed by atoms with E-state index in [9.17, 15) is 9.59 Å². The Morgan fingerprint density at radius 3 is 1.40 bits per heavy atom. The van der Waals surface area contributed by atoms with Crippen LogP contribution >= 0.6 is 0 Å². The second kappa shape index (κ2) is 17.3. The van der Waals surface area contributed by atoms with Gasteiger partial charge in [0.1, 0.15) is 23.6 Å². The van der Waals surface area contributed by atoms with Gasteiger partial charge >= 0.3 is 12.2 Å². The van der Waals surface area contributed by atoms with Crippen LogP contribution in [-0.4, -0.2) is 69.8 Å². The monoisotopic (exact) mass is 844 g/mol. The maximum Gasteiger partial charge on any atom is 0.410 e. The van der Waals surface area contributed by atoms with Gasteiger partial charge in [-0.05, 0) is 130 Å². The number of carbonyl (C=O) groups excluding carboxylic acids is 2. The maximum atomic E-state index is 13.0. The summed E-state index contributed by atoms with van der Waals surface area (Å²) in [5.74, 6) is 1.76. The second-order valence-corrected chi connectivity index (χ2v) is 19.6. The molecule has 4 aromatic carbocycles. The van der Waals surface area contributed by atoms with Crippen LogP contribution in [0.1, 0.15) is 131 Å². The first-order valence-corrected chi connectivity index (χ1v) is 22.8. The van der Waals surface area contributed by atoms with Crippen molar-refractivity contribution in [3.63, 3.8) is 0 Å². The van der Waals surface area contributed by atoms with Gasteiger partial charge in [0.15, 0.2) is 0 Å². The van der Waals surface area contributed by atoms with Crippen LogP contribution in [0.3, 0.4) is 0 Å². The molecule has 9 rings (SSSR count). The van der Waals surface area contributed by atoms with Crippen molar-refractivity contribution < 1.29 is 23.8 Å². The summed E-state index contributed by atoms with van der Waals surface area (Å²) in [7, 11) is 0. The molecule has 9 heteroatoms. The number of hydrogen-bond donors (Lipinski definition) is 0. The molecule has 0 radical (unpaired) electrons. The molecule has 0 bridgehead atoms. The van der Waals surface area contributed by atoms with Gasteiger partial charge in [0, 0.05) is 37.4 Å². The number of aliphatic imine (C=N–C) groups is 2. The largest absolute Gasteiger partial charge is 0.489 e. The molecule has 63 heavy (non-hydrogen) atoms. The first-order valence-electron chi connectivity index (χ1n) is 22.8. The Balaban J connectivity index is 0.921. The van der Waals surface area contributed by atoms with Crippen LogP contribution in [0.15, 0.2) is 125 Å². The topological polar surface area (TPSA) is 93.0 Å². The normalized spacial score (nSPS) is 23.2. The Hall–Kier alpha value is -5.96. The van der Waals surface area contributed by atoms with Crippen LogP contribution in [0, 0.1) is 0 Å². The van der Waals surface area contributed by atoms with Crippen molar-refractivity contribution in [1.82, 2.24) is 9.80 Å². The lowest BCUT2D eigenvalue weighted by Gasteiger charge is -2.28. The molecule has 2 saturated heterocycles. The quantitative estimate of drug-likeness (QED) is 0.158. The standard InChI is InChI=1S/C54H60N4O5/c1-53(2,3)62-51(59)57-32-10-14-46(57)44-30-28-42(55-44)36-16-20-38(21-17-36)48-49(50(48)40-24-26-41(27-25-40)61-34-35-12-8-7-9-13-35)39-22-18-37(19-23-39)43-29-31-45(56-43)47-15-11-33-58(47)52(60)63-54(4,5)6/h7-9,12-13,16-29,46-50H,10-11,14-15,30-34H2,1-6H3/t46-,47-,48?,49?,50?/m0/s1. The lowest BCUT2D eigenvalue weighted by atomic mass is 10.0. The molecule has 4 heterocycles. The van der Waals surface area contributed by atoms with E-state index in [0.717, 1.165) is 83.8 Å². The van der Waals surface area contributed by atoms with E-state index in [2.05, 4.69) is 97.1 Å². The average molecular weight is 845 g/mol. The van der Waals surface area contributed by atoms with Gasteiger partial charge < -0.3 is 14.2 Å². The van der Waals surface area contributed by atoms with E-state index in [1.807, 2.05) is 69.5 Å². The van der Waals surface area contributed by atoms with E-state index >= 15 is 0 Å². The summed E-state index contributed by atoms with van der Waals surface area (Å²) in [5.41, 5.74) is 10.2. The first kappa shape index (κ1) is 42.3. The number of rotatable bonds is 10. The molecule has 0 spiro atoms. The Labute approximate surface area is 372 Å². The third kappa shape index (κ3) is 9.53. The molecule has 2 unspecified atom stereocenters. The number of allylic oxidation sites excluding steroid dienone is 2. The summed E-state index contributed by atoms with van der Waals surface area (Å²) in [5, 5.41) is 0. The first-order chi connectivity index (χ1) is 30.3. The molecule has 1 aliphatic carbocycles. The zero-order valence-electron chi connectivity index (χ0n) is 37.6. The lowest BCUT2D eigenvalue weighted by Crippen LogP contribution is -2.43. The molecule has 4 aliphatic heterocycles. The summed E-state index contributed by atoms with van der Waals surface area (Å²) >= 11 is 0. The lowest BCUT2D eigenvalue weighted by molar-refractivity contribution is 0.0254. The number of hydrogen-bond acceptors (Lipinski definition) is 7. The van der Waals surface area contributed by atoms with Gasteiger partial charge in [0.05, 0.1) is 23.5 Å². The minimum Gasteiger partial charge on any atom is -0.489 e. The SMILES string of the molecule is CC(C)(C)OC(=O)N1CCC[C@H]1C1=NC(c2ccc(C3C(c4ccc(OCc5ccccc5)cc4)C3c3ccc(C4=CCC([C@@H]5CCCN5C(=O)OC(C)(C)C)=N4)cc3)cc2)=CC1. The number of nitrogens with zero attached hydrogens (tertiary/aromatic N) is 4. The highest BCUT2D eigenvalue weighted by atomic mass is 16.6. The van der Waals surface area contributed by atoms with Gasteiger partial charge in [-0.15, -0.1) is 0 Å². The van der Waals surface area contributed by atoms with Crippen LogP contribution in [-0.2, 0) is 16.1 Å². The molecule has 2 amide bonds. The fourth-order valence-corrected chi connectivity index (χ4v) is 9.82. The van der Waals surface area contributed by atoms with Crippen molar-refractivity contribution in [3.8, 4) is 5.75 Å². The molecule has 326 valence electrons. The fraction of sp³-hybridized carbons (Fsp3) is 0.407. The Kier molecular flexibility index (Phi) is 11.6. The van der Waals surface area contributed by atoms with Gasteiger partial charge in [-0.2, -0.15) is 0 Å². The highest BCUT2D eigenvalue weighted by Crippen LogP contribution is 2.66. The summed E-state index contributed by atoms with van der Waals surface area (Å²) in [6.07, 6.45) is 9.07. The minimum absolute atomic E-state index is 0.0250. The Bertz CT molecular complexity index is 2310. The number of carbonyl (C=O) groups is 2. The summed E-state index contributed by atoms with van der Waals surface area (Å²) < 4.78 is 17.6. The van der Waals surface area contributed by atoms with Crippen molar-refractivity contribution in [3.05, 3.63) is 149 Å². The van der Waals surface area contributed by atoms with E-state index in [1.165, 1.54) is 16.7 Å². The van der Waals surface area contributed by atoms with E-state index in [1.54, 1.807) is 0 Å². The number of benzene rings is 4. The zero-order chi connectivity index (χ0) is 43.9. The van der Waals surface area contributed by atoms with Crippen molar-refractivity contribution in [2.45, 2.75) is 128 Å². The average Bonchev–Trinajstić information content (AvgIpc) is 3.89. The summed E-state index contributed by atoms with van der Waals surface area (Å²) in [6.45, 7) is 13.4. The minimum atomic E-state index is -0.534. The fourth-order valence-electron chi connectivity index (χ4n) is 9.82. The Morgan fingerprint density at radius 1 is 0.571 bits per heavy atom. The smallest absolute Gasteiger partial charge is 0.410 e. The van der Waals surface area contributed by atoms with Crippen molar-refractivity contribution >= 4 is 35.0 Å². The molecule has 0 N–H and O–H groups in total. The Morgan fingerprint density at radius 2 is 0.984 bits per heavy atom. The molecular formula is C54H60N4O5. The van der Waals surface area contributed by atoms with Crippen LogP contribution in [0.5, 0.6) is 5.75 Å². The maximum absolute atomic E-state index is 13.0. The third-order valence-electron chi connectivity index (χ3n) is 12.8. The molecule has 9 nitrogen and oxygen atoms in total. The molecule has 5 aliphatic rings. The molecule has 0 aromatic heterocycles. The predicted octanol–water partition coefficient (Wildman–Crippen LogP) is 12.1. The van der Waals surface area contributed by atoms with Gasteiger partial charge in [0.2, 0.25) is 0 Å². The zero-order valence-corrected chi connectivity index (χ0v) is 37.6. The van der Waals surface area contributed by atoms with E-state index < -0.39 is 11.2 Å². The summed E-state index contributed by atoms with van der Waals surface area (Å²) in [6, 6.07) is 36.8. The number of amides is 2. The van der Waals surface area contributed by atoms with Crippen LogP contribution in [0.25, 0.3) is 11.4 Å². The molecule has 3 fully saturated rings. The van der Waals surface area contributed by atoms with Crippen molar-refractivity contribution in [2.75, 3.05) is 13.1 Å². The van der Waals surface area contributed by atoms with E-state index in [-0.39, 0.29) is 24.3 Å². The van der Waals surface area contributed by atoms with E-state index in [4.69, 9.17) is 24.2 Å². The van der Waals surface area contributed by atoms with Gasteiger partial charge in [0.25, 0.3) is 0 Å². The molecule has 4 aromatic rings. The molecular weight excluding hydrogens is 785 g/mol. The molecule has 4 atom stereocenters. The van der Waals surface area contributed by atoms with Gasteiger partial charge in [-0.3, -0.25) is 19.8 Å². The summed E-state index contributed by atoms with van der Waals surface area (Å²) in [4.78, 5) is 40.0. The number of ether oxygens (including phenoxy) is 3. The van der Waals surface area contributed by atoms with Gasteiger partial charge in [-0.25, -0.2) is 9.59 Å². The highest BCUT2D eigenvalue weighted by Gasteiger charge is 2.52. The van der Waals surface area contributed by atoms with Gasteiger partial charge in [-0.1, -0.05) is 103 Å². The van der Waals surface area contributed by atoms with Crippen molar-refractivity contribution in [1.29, 1.82) is 0 Å².